The Kier molecular flexibility index (Phi) is 5.40. The van der Waals surface area contributed by atoms with Crippen LogP contribution in [0.2, 0.25) is 0 Å². The van der Waals surface area contributed by atoms with Crippen LogP contribution in [0.4, 0.5) is 0 Å². The summed E-state index contributed by atoms with van der Waals surface area (Å²) in [5.74, 6) is 0.885. The van der Waals surface area contributed by atoms with Gasteiger partial charge in [-0.3, -0.25) is 0 Å². The van der Waals surface area contributed by atoms with Crippen molar-refractivity contribution in [1.82, 2.24) is 0 Å². The second kappa shape index (κ2) is 7.28. The van der Waals surface area contributed by atoms with Gasteiger partial charge in [-0.15, -0.1) is 0 Å². The summed E-state index contributed by atoms with van der Waals surface area (Å²) in [6.07, 6.45) is 2.96. The number of aryl methyl sites for hydroxylation is 2. The highest BCUT2D eigenvalue weighted by Gasteiger charge is 2.10. The zero-order valence-electron chi connectivity index (χ0n) is 13.2. The molecule has 0 aliphatic carbocycles. The maximum absolute atomic E-state index is 6.39. The van der Waals surface area contributed by atoms with E-state index in [1.165, 1.54) is 22.3 Å². The normalized spacial score (nSPS) is 12.2. The third kappa shape index (κ3) is 3.85. The highest BCUT2D eigenvalue weighted by molar-refractivity contribution is 5.35. The number of methoxy groups -OCH3 is 1. The highest BCUT2D eigenvalue weighted by atomic mass is 16.5. The topological polar surface area (TPSA) is 35.2 Å². The van der Waals surface area contributed by atoms with Crippen LogP contribution in [0.5, 0.6) is 5.75 Å². The van der Waals surface area contributed by atoms with Gasteiger partial charge >= 0.3 is 0 Å². The van der Waals surface area contributed by atoms with Crippen LogP contribution in [0, 0.1) is 0 Å². The first-order valence-corrected chi connectivity index (χ1v) is 7.68. The van der Waals surface area contributed by atoms with E-state index in [2.05, 4.69) is 44.2 Å². The monoisotopic (exact) mass is 283 g/mol. The average molecular weight is 283 g/mol. The summed E-state index contributed by atoms with van der Waals surface area (Å²) in [5, 5.41) is 0. The molecule has 0 saturated heterocycles. The van der Waals surface area contributed by atoms with Crippen LogP contribution in [-0.2, 0) is 19.3 Å². The lowest BCUT2D eigenvalue weighted by atomic mass is 9.94. The number of benzene rings is 2. The van der Waals surface area contributed by atoms with E-state index in [0.29, 0.717) is 0 Å². The molecular weight excluding hydrogens is 258 g/mol. The van der Waals surface area contributed by atoms with Crippen molar-refractivity contribution in [1.29, 1.82) is 0 Å². The standard InChI is InChI=1S/C19H25NO/c1-4-15-9-10-17(13-16(15)5-2)19(20)12-14-7-6-8-18(11-14)21-3/h6-11,13,19H,4-5,12,20H2,1-3H3. The Labute approximate surface area is 127 Å². The first-order chi connectivity index (χ1) is 10.2. The van der Waals surface area contributed by atoms with Gasteiger partial charge < -0.3 is 10.5 Å². The molecule has 0 aliphatic rings. The molecular formula is C19H25NO. The molecule has 0 radical (unpaired) electrons. The van der Waals surface area contributed by atoms with Crippen LogP contribution >= 0.6 is 0 Å². The van der Waals surface area contributed by atoms with E-state index in [4.69, 9.17) is 10.5 Å². The van der Waals surface area contributed by atoms with Gasteiger partial charge in [0.25, 0.3) is 0 Å². The number of nitrogens with two attached hydrogens (primary N) is 1. The minimum absolute atomic E-state index is 0.0216. The molecule has 0 spiro atoms. The average Bonchev–Trinajstić information content (AvgIpc) is 2.54. The minimum atomic E-state index is 0.0216. The molecule has 112 valence electrons. The van der Waals surface area contributed by atoms with Gasteiger partial charge in [-0.25, -0.2) is 0 Å². The third-order valence-electron chi connectivity index (χ3n) is 4.01. The lowest BCUT2D eigenvalue weighted by Crippen LogP contribution is -2.14. The van der Waals surface area contributed by atoms with Gasteiger partial charge in [0, 0.05) is 6.04 Å². The van der Waals surface area contributed by atoms with E-state index in [-0.39, 0.29) is 6.04 Å². The third-order valence-corrected chi connectivity index (χ3v) is 4.01. The fourth-order valence-electron chi connectivity index (χ4n) is 2.72. The molecule has 0 saturated carbocycles. The van der Waals surface area contributed by atoms with Gasteiger partial charge in [0.2, 0.25) is 0 Å². The van der Waals surface area contributed by atoms with E-state index in [1.807, 2.05) is 12.1 Å². The van der Waals surface area contributed by atoms with Crippen molar-refractivity contribution in [3.8, 4) is 5.75 Å². The van der Waals surface area contributed by atoms with Gasteiger partial charge in [-0.1, -0.05) is 44.2 Å². The predicted molar refractivity (Wildman–Crippen MR) is 88.8 cm³/mol. The fourth-order valence-corrected chi connectivity index (χ4v) is 2.72. The van der Waals surface area contributed by atoms with Crippen LogP contribution in [0.15, 0.2) is 42.5 Å². The molecule has 0 fully saturated rings. The summed E-state index contributed by atoms with van der Waals surface area (Å²) in [6.45, 7) is 4.40. The first kappa shape index (κ1) is 15.6. The largest absolute Gasteiger partial charge is 0.497 e. The Morgan fingerprint density at radius 3 is 2.43 bits per heavy atom. The van der Waals surface area contributed by atoms with E-state index in [0.717, 1.165) is 25.0 Å². The summed E-state index contributed by atoms with van der Waals surface area (Å²) >= 11 is 0. The van der Waals surface area contributed by atoms with Crippen LogP contribution in [-0.4, -0.2) is 7.11 Å². The van der Waals surface area contributed by atoms with Crippen molar-refractivity contribution in [2.24, 2.45) is 5.73 Å². The molecule has 2 heteroatoms. The SMILES string of the molecule is CCc1ccc(C(N)Cc2cccc(OC)c2)cc1CC. The lowest BCUT2D eigenvalue weighted by molar-refractivity contribution is 0.414. The van der Waals surface area contributed by atoms with E-state index >= 15 is 0 Å². The quantitative estimate of drug-likeness (QED) is 0.867. The van der Waals surface area contributed by atoms with Crippen LogP contribution in [0.1, 0.15) is 42.1 Å². The van der Waals surface area contributed by atoms with Crippen LogP contribution < -0.4 is 10.5 Å². The van der Waals surface area contributed by atoms with Crippen molar-refractivity contribution < 1.29 is 4.74 Å². The van der Waals surface area contributed by atoms with Crippen molar-refractivity contribution in [3.05, 3.63) is 64.7 Å². The summed E-state index contributed by atoms with van der Waals surface area (Å²) in [6, 6.07) is 14.8. The molecule has 2 rings (SSSR count). The Morgan fingerprint density at radius 2 is 1.76 bits per heavy atom. The Balaban J connectivity index is 2.17. The van der Waals surface area contributed by atoms with E-state index in [1.54, 1.807) is 7.11 Å². The maximum atomic E-state index is 6.39. The minimum Gasteiger partial charge on any atom is -0.497 e. The summed E-state index contributed by atoms with van der Waals surface area (Å²) in [4.78, 5) is 0. The molecule has 1 atom stereocenters. The Hall–Kier alpha value is -1.80. The predicted octanol–water partition coefficient (Wildman–Crippen LogP) is 4.06. The number of hydrogen-bond donors (Lipinski definition) is 1. The molecule has 0 bridgehead atoms. The first-order valence-electron chi connectivity index (χ1n) is 7.68. The summed E-state index contributed by atoms with van der Waals surface area (Å²) < 4.78 is 5.27. The fraction of sp³-hybridized carbons (Fsp3) is 0.368. The smallest absolute Gasteiger partial charge is 0.119 e. The molecule has 2 aromatic carbocycles. The van der Waals surface area contributed by atoms with Gasteiger partial charge in [0.1, 0.15) is 5.75 Å². The van der Waals surface area contributed by atoms with Gasteiger partial charge in [0.15, 0.2) is 0 Å². The molecule has 1 unspecified atom stereocenters. The van der Waals surface area contributed by atoms with Crippen LogP contribution in [0.25, 0.3) is 0 Å². The second-order valence-corrected chi connectivity index (χ2v) is 5.40. The molecule has 2 nitrogen and oxygen atoms in total. The Bertz CT molecular complexity index is 592. The number of hydrogen-bond acceptors (Lipinski definition) is 2. The molecule has 0 amide bonds. The zero-order valence-corrected chi connectivity index (χ0v) is 13.2. The Morgan fingerprint density at radius 1 is 1.00 bits per heavy atom. The van der Waals surface area contributed by atoms with Crippen molar-refractivity contribution >= 4 is 0 Å². The van der Waals surface area contributed by atoms with Crippen LogP contribution in [0.3, 0.4) is 0 Å². The molecule has 2 N–H and O–H groups in total. The van der Waals surface area contributed by atoms with E-state index in [9.17, 15) is 0 Å². The summed E-state index contributed by atoms with van der Waals surface area (Å²) in [7, 11) is 1.69. The molecule has 0 aromatic heterocycles. The molecule has 0 aliphatic heterocycles. The van der Waals surface area contributed by atoms with Crippen molar-refractivity contribution in [2.45, 2.75) is 39.2 Å². The maximum Gasteiger partial charge on any atom is 0.119 e. The summed E-state index contributed by atoms with van der Waals surface area (Å²) in [5.41, 5.74) is 11.7. The van der Waals surface area contributed by atoms with E-state index < -0.39 is 0 Å². The van der Waals surface area contributed by atoms with Gasteiger partial charge in [-0.2, -0.15) is 0 Å². The number of rotatable bonds is 6. The second-order valence-electron chi connectivity index (χ2n) is 5.40. The lowest BCUT2D eigenvalue weighted by Gasteiger charge is -2.16. The zero-order chi connectivity index (χ0) is 15.2. The molecule has 0 heterocycles. The van der Waals surface area contributed by atoms with Crippen molar-refractivity contribution in [2.75, 3.05) is 7.11 Å². The number of ether oxygens (including phenoxy) is 1. The highest BCUT2D eigenvalue weighted by Crippen LogP contribution is 2.22. The van der Waals surface area contributed by atoms with Gasteiger partial charge in [-0.05, 0) is 53.6 Å². The van der Waals surface area contributed by atoms with Gasteiger partial charge in [0.05, 0.1) is 7.11 Å². The molecule has 2 aromatic rings. The van der Waals surface area contributed by atoms with Crippen molar-refractivity contribution in [3.63, 3.8) is 0 Å². The molecule has 21 heavy (non-hydrogen) atoms.